The zero-order chi connectivity index (χ0) is 10.0. The molecular weight excluding hydrogens is 192 g/mol. The molecule has 0 N–H and O–H groups in total. The second-order valence-electron chi connectivity index (χ2n) is 5.27. The average Bonchev–Trinajstić information content (AvgIpc) is 2.98. The van der Waals surface area contributed by atoms with Crippen molar-refractivity contribution in [2.75, 3.05) is 12.4 Å². The first-order valence-corrected chi connectivity index (χ1v) is 6.61. The quantitative estimate of drug-likeness (QED) is 0.707. The van der Waals surface area contributed by atoms with Crippen LogP contribution in [0.15, 0.2) is 0 Å². The number of hydrogen-bond donors (Lipinski definition) is 1. The monoisotopic (exact) mass is 214 g/mol. The maximum atomic E-state index is 6.06. The second-order valence-corrected chi connectivity index (χ2v) is 5.59. The van der Waals surface area contributed by atoms with Gasteiger partial charge in [0.05, 0.1) is 12.7 Å². The minimum Gasteiger partial charge on any atom is -0.377 e. The lowest BCUT2D eigenvalue weighted by atomic mass is 9.88. The molecule has 2 rings (SSSR count). The molecule has 2 heteroatoms. The van der Waals surface area contributed by atoms with Gasteiger partial charge in [0.1, 0.15) is 0 Å². The molecule has 0 bridgehead atoms. The van der Waals surface area contributed by atoms with E-state index in [4.69, 9.17) is 4.74 Å². The van der Waals surface area contributed by atoms with Crippen LogP contribution < -0.4 is 0 Å². The van der Waals surface area contributed by atoms with E-state index in [2.05, 4.69) is 19.6 Å². The van der Waals surface area contributed by atoms with Gasteiger partial charge >= 0.3 is 0 Å². The van der Waals surface area contributed by atoms with Gasteiger partial charge in [-0.15, -0.1) is 0 Å². The van der Waals surface area contributed by atoms with Gasteiger partial charge in [0.15, 0.2) is 0 Å². The molecule has 2 fully saturated rings. The fourth-order valence-electron chi connectivity index (χ4n) is 2.34. The number of hydrogen-bond acceptors (Lipinski definition) is 2. The fourth-order valence-corrected chi connectivity index (χ4v) is 2.75. The minimum absolute atomic E-state index is 0.472. The van der Waals surface area contributed by atoms with E-state index >= 15 is 0 Å². The first-order chi connectivity index (χ1) is 6.76. The molecule has 2 unspecified atom stereocenters. The summed E-state index contributed by atoms with van der Waals surface area (Å²) >= 11 is 4.40. The summed E-state index contributed by atoms with van der Waals surface area (Å²) in [7, 11) is 0. The van der Waals surface area contributed by atoms with Crippen molar-refractivity contribution in [1.82, 2.24) is 0 Å². The zero-order valence-corrected chi connectivity index (χ0v) is 10.1. The van der Waals surface area contributed by atoms with Crippen molar-refractivity contribution in [3.8, 4) is 0 Å². The van der Waals surface area contributed by atoms with Crippen molar-refractivity contribution in [2.45, 2.75) is 51.6 Å². The Hall–Kier alpha value is 0.310. The largest absolute Gasteiger partial charge is 0.377 e. The average molecular weight is 214 g/mol. The van der Waals surface area contributed by atoms with E-state index in [1.54, 1.807) is 0 Å². The summed E-state index contributed by atoms with van der Waals surface area (Å²) < 4.78 is 6.06. The van der Waals surface area contributed by atoms with Crippen molar-refractivity contribution in [1.29, 1.82) is 0 Å². The lowest BCUT2D eigenvalue weighted by Gasteiger charge is -2.30. The molecule has 0 aromatic rings. The van der Waals surface area contributed by atoms with E-state index in [0.29, 0.717) is 11.5 Å². The van der Waals surface area contributed by atoms with Gasteiger partial charge in [-0.2, -0.15) is 12.6 Å². The standard InChI is InChI=1S/C12H22OS/c1-10-4-2-3-5-11(10)13-8-12(9-14)6-7-12/h10-11,14H,2-9H2,1H3. The highest BCUT2D eigenvalue weighted by molar-refractivity contribution is 7.80. The molecule has 82 valence electrons. The molecule has 2 aliphatic rings. The summed E-state index contributed by atoms with van der Waals surface area (Å²) in [6, 6.07) is 0. The third-order valence-corrected chi connectivity index (χ3v) is 4.60. The van der Waals surface area contributed by atoms with Crippen LogP contribution in [0, 0.1) is 11.3 Å². The van der Waals surface area contributed by atoms with E-state index in [1.165, 1.54) is 38.5 Å². The second kappa shape index (κ2) is 4.44. The summed E-state index contributed by atoms with van der Waals surface area (Å²) in [5.41, 5.74) is 0.472. The lowest BCUT2D eigenvalue weighted by molar-refractivity contribution is -0.0231. The van der Waals surface area contributed by atoms with Gasteiger partial charge in [0, 0.05) is 5.41 Å². The molecule has 0 amide bonds. The summed E-state index contributed by atoms with van der Waals surface area (Å²) in [4.78, 5) is 0. The van der Waals surface area contributed by atoms with Crippen LogP contribution in [-0.4, -0.2) is 18.5 Å². The molecule has 1 nitrogen and oxygen atoms in total. The normalized spacial score (nSPS) is 35.6. The molecule has 2 aliphatic carbocycles. The van der Waals surface area contributed by atoms with Gasteiger partial charge in [-0.05, 0) is 37.4 Å². The van der Waals surface area contributed by atoms with Crippen LogP contribution >= 0.6 is 12.6 Å². The lowest BCUT2D eigenvalue weighted by Crippen LogP contribution is -2.28. The maximum absolute atomic E-state index is 6.06. The van der Waals surface area contributed by atoms with Gasteiger partial charge in [0.2, 0.25) is 0 Å². The smallest absolute Gasteiger partial charge is 0.0600 e. The fraction of sp³-hybridized carbons (Fsp3) is 1.00. The van der Waals surface area contributed by atoms with Crippen molar-refractivity contribution in [2.24, 2.45) is 11.3 Å². The maximum Gasteiger partial charge on any atom is 0.0600 e. The van der Waals surface area contributed by atoms with Gasteiger partial charge in [0.25, 0.3) is 0 Å². The van der Waals surface area contributed by atoms with Crippen LogP contribution in [0.3, 0.4) is 0 Å². The van der Waals surface area contributed by atoms with Crippen LogP contribution in [-0.2, 0) is 4.74 Å². The molecule has 0 spiro atoms. The van der Waals surface area contributed by atoms with E-state index in [0.717, 1.165) is 18.3 Å². The summed E-state index contributed by atoms with van der Waals surface area (Å²) in [5, 5.41) is 0. The third kappa shape index (κ3) is 2.46. The summed E-state index contributed by atoms with van der Waals surface area (Å²) in [6.07, 6.45) is 8.61. The van der Waals surface area contributed by atoms with Crippen molar-refractivity contribution in [3.63, 3.8) is 0 Å². The summed E-state index contributed by atoms with van der Waals surface area (Å²) in [6.45, 7) is 3.30. The van der Waals surface area contributed by atoms with E-state index in [1.807, 2.05) is 0 Å². The molecule has 2 atom stereocenters. The van der Waals surface area contributed by atoms with E-state index < -0.39 is 0 Å². The zero-order valence-electron chi connectivity index (χ0n) is 9.17. The molecular formula is C12H22OS. The molecule has 0 aromatic heterocycles. The highest BCUT2D eigenvalue weighted by Gasteiger charge is 2.42. The van der Waals surface area contributed by atoms with Gasteiger partial charge in [-0.1, -0.05) is 19.8 Å². The first kappa shape index (κ1) is 10.8. The van der Waals surface area contributed by atoms with Crippen LogP contribution in [0.2, 0.25) is 0 Å². The predicted octanol–water partition coefficient (Wildman–Crippen LogP) is 3.29. The van der Waals surface area contributed by atoms with Crippen molar-refractivity contribution < 1.29 is 4.74 Å². The van der Waals surface area contributed by atoms with Gasteiger partial charge in [-0.25, -0.2) is 0 Å². The van der Waals surface area contributed by atoms with Gasteiger partial charge in [-0.3, -0.25) is 0 Å². The molecule has 0 heterocycles. The Morgan fingerprint density at radius 2 is 2.00 bits per heavy atom. The first-order valence-electron chi connectivity index (χ1n) is 5.98. The molecule has 14 heavy (non-hydrogen) atoms. The van der Waals surface area contributed by atoms with Crippen LogP contribution in [0.5, 0.6) is 0 Å². The molecule has 2 saturated carbocycles. The minimum atomic E-state index is 0.472. The molecule has 0 aromatic carbocycles. The SMILES string of the molecule is CC1CCCCC1OCC1(CS)CC1. The molecule has 0 aliphatic heterocycles. The van der Waals surface area contributed by atoms with E-state index in [-0.39, 0.29) is 0 Å². The van der Waals surface area contributed by atoms with Crippen LogP contribution in [0.25, 0.3) is 0 Å². The van der Waals surface area contributed by atoms with Crippen LogP contribution in [0.4, 0.5) is 0 Å². The molecule has 0 radical (unpaired) electrons. The summed E-state index contributed by atoms with van der Waals surface area (Å²) in [5.74, 6) is 1.79. The topological polar surface area (TPSA) is 9.23 Å². The Balaban J connectivity index is 1.73. The Labute approximate surface area is 93.0 Å². The number of ether oxygens (including phenoxy) is 1. The van der Waals surface area contributed by atoms with Crippen molar-refractivity contribution in [3.05, 3.63) is 0 Å². The Morgan fingerprint density at radius 1 is 1.29 bits per heavy atom. The van der Waals surface area contributed by atoms with Crippen molar-refractivity contribution >= 4 is 12.6 Å². The number of thiol groups is 1. The van der Waals surface area contributed by atoms with Gasteiger partial charge < -0.3 is 4.74 Å². The number of rotatable bonds is 4. The highest BCUT2D eigenvalue weighted by Crippen LogP contribution is 2.47. The Kier molecular flexibility index (Phi) is 3.43. The van der Waals surface area contributed by atoms with Crippen LogP contribution in [0.1, 0.15) is 45.4 Å². The Morgan fingerprint density at radius 3 is 2.57 bits per heavy atom. The molecule has 0 saturated heterocycles. The Bertz CT molecular complexity index is 189. The predicted molar refractivity (Wildman–Crippen MR) is 62.9 cm³/mol. The highest BCUT2D eigenvalue weighted by atomic mass is 32.1. The van der Waals surface area contributed by atoms with E-state index in [9.17, 15) is 0 Å². The third-order valence-electron chi connectivity index (χ3n) is 3.93.